The molecule has 2 aliphatic heterocycles. The molecule has 0 amide bonds. The van der Waals surface area contributed by atoms with Crippen molar-refractivity contribution < 1.29 is 15.2 Å². The first-order valence-corrected chi connectivity index (χ1v) is 4.30. The highest BCUT2D eigenvalue weighted by Gasteiger charge is 2.46. The Hall–Kier alpha value is -0.570. The Kier molecular flexibility index (Phi) is 1.42. The number of hydrogen-bond acceptors (Lipinski definition) is 2. The average molecular weight is 155 g/mol. The van der Waals surface area contributed by atoms with Crippen molar-refractivity contribution in [2.45, 2.75) is 43.7 Å². The zero-order chi connectivity index (χ0) is 7.90. The van der Waals surface area contributed by atoms with Gasteiger partial charge < -0.3 is 15.2 Å². The molecule has 2 saturated heterocycles. The largest absolute Gasteiger partial charge is 0.544 e. The number of rotatable bonds is 1. The van der Waals surface area contributed by atoms with Crippen molar-refractivity contribution in [1.82, 2.24) is 0 Å². The number of fused-ring (bicyclic) bond motifs is 2. The number of carbonyl (C=O) groups is 1. The molecule has 2 rings (SSSR count). The Morgan fingerprint density at radius 3 is 2.91 bits per heavy atom. The molecule has 0 aromatic carbocycles. The van der Waals surface area contributed by atoms with Gasteiger partial charge in [-0.1, -0.05) is 0 Å². The summed E-state index contributed by atoms with van der Waals surface area (Å²) in [7, 11) is 0. The predicted octanol–water partition coefficient (Wildman–Crippen LogP) is -1.62. The summed E-state index contributed by atoms with van der Waals surface area (Å²) in [6.45, 7) is 0. The smallest absolute Gasteiger partial charge is 0.137 e. The third-order valence-electron chi connectivity index (χ3n) is 3.12. The highest BCUT2D eigenvalue weighted by atomic mass is 16.4. The molecule has 2 fully saturated rings. The van der Waals surface area contributed by atoms with E-state index >= 15 is 0 Å². The van der Waals surface area contributed by atoms with Gasteiger partial charge in [-0.05, 0) is 12.8 Å². The molecule has 0 radical (unpaired) electrons. The number of quaternary nitrogens is 1. The van der Waals surface area contributed by atoms with Crippen LogP contribution in [0.4, 0.5) is 0 Å². The summed E-state index contributed by atoms with van der Waals surface area (Å²) < 4.78 is 0. The molecule has 62 valence electrons. The molecule has 0 saturated carbocycles. The van der Waals surface area contributed by atoms with Gasteiger partial charge in [-0.3, -0.25) is 0 Å². The third-order valence-corrected chi connectivity index (χ3v) is 3.12. The van der Waals surface area contributed by atoms with E-state index in [2.05, 4.69) is 0 Å². The van der Waals surface area contributed by atoms with Crippen LogP contribution in [-0.4, -0.2) is 17.6 Å². The monoisotopic (exact) mass is 155 g/mol. The molecule has 0 unspecified atom stereocenters. The first-order valence-electron chi connectivity index (χ1n) is 4.30. The van der Waals surface area contributed by atoms with Crippen molar-refractivity contribution in [2.24, 2.45) is 0 Å². The lowest BCUT2D eigenvalue weighted by Gasteiger charge is -2.31. The molecule has 11 heavy (non-hydrogen) atoms. The molecule has 0 aliphatic carbocycles. The van der Waals surface area contributed by atoms with Gasteiger partial charge in [0.1, 0.15) is 11.5 Å². The number of carboxylic acids is 1. The summed E-state index contributed by atoms with van der Waals surface area (Å²) in [4.78, 5) is 10.8. The van der Waals surface area contributed by atoms with Crippen molar-refractivity contribution in [3.05, 3.63) is 0 Å². The van der Waals surface area contributed by atoms with Crippen molar-refractivity contribution in [3.63, 3.8) is 0 Å². The van der Waals surface area contributed by atoms with E-state index in [9.17, 15) is 9.90 Å². The number of hydrogen-bond donors (Lipinski definition) is 1. The lowest BCUT2D eigenvalue weighted by molar-refractivity contribution is -0.737. The van der Waals surface area contributed by atoms with E-state index in [1.807, 2.05) is 5.32 Å². The fourth-order valence-electron chi connectivity index (χ4n) is 2.45. The summed E-state index contributed by atoms with van der Waals surface area (Å²) in [5.41, 5.74) is -0.525. The number of carboxylic acid groups (broad SMARTS) is 1. The lowest BCUT2D eigenvalue weighted by Crippen LogP contribution is -3.01. The van der Waals surface area contributed by atoms with Crippen molar-refractivity contribution in [3.8, 4) is 0 Å². The van der Waals surface area contributed by atoms with Crippen LogP contribution < -0.4 is 10.4 Å². The lowest BCUT2D eigenvalue weighted by atomic mass is 9.91. The van der Waals surface area contributed by atoms with Gasteiger partial charge in [0.25, 0.3) is 0 Å². The first-order chi connectivity index (χ1) is 5.23. The van der Waals surface area contributed by atoms with Gasteiger partial charge >= 0.3 is 0 Å². The summed E-state index contributed by atoms with van der Waals surface area (Å²) in [5.74, 6) is -0.847. The Labute approximate surface area is 65.8 Å². The number of carbonyl (C=O) groups excluding carboxylic acids is 1. The number of piperidine rings is 1. The fraction of sp³-hybridized carbons (Fsp3) is 0.875. The molecule has 2 heterocycles. The maximum Gasteiger partial charge on any atom is 0.137 e. The van der Waals surface area contributed by atoms with Crippen LogP contribution in [0.2, 0.25) is 0 Å². The predicted molar refractivity (Wildman–Crippen MR) is 36.5 cm³/mol. The van der Waals surface area contributed by atoms with Crippen LogP contribution in [-0.2, 0) is 4.79 Å². The standard InChI is InChI=1S/C8H13NO2/c10-7(11)8-4-1-2-6(9-8)3-5-8/h6,9H,1-5H2,(H,10,11)/t6-,8+/m0/s1. The van der Waals surface area contributed by atoms with Crippen LogP contribution in [0.5, 0.6) is 0 Å². The van der Waals surface area contributed by atoms with Gasteiger partial charge in [0.2, 0.25) is 0 Å². The van der Waals surface area contributed by atoms with Crippen molar-refractivity contribution in [2.75, 3.05) is 0 Å². The van der Waals surface area contributed by atoms with Crippen molar-refractivity contribution in [1.29, 1.82) is 0 Å². The SMILES string of the molecule is O=C([O-])[C@@]12CCC[C@@H](CC1)[NH2+]2. The molecule has 2 N–H and O–H groups in total. The van der Waals surface area contributed by atoms with E-state index in [0.29, 0.717) is 6.04 Å². The highest BCUT2D eigenvalue weighted by Crippen LogP contribution is 2.28. The first kappa shape index (κ1) is 7.10. The maximum absolute atomic E-state index is 10.8. The molecule has 0 aromatic heterocycles. The van der Waals surface area contributed by atoms with E-state index in [-0.39, 0.29) is 0 Å². The topological polar surface area (TPSA) is 56.7 Å². The Morgan fingerprint density at radius 2 is 2.27 bits per heavy atom. The van der Waals surface area contributed by atoms with Gasteiger partial charge in [0.15, 0.2) is 0 Å². The molecule has 3 heteroatoms. The van der Waals surface area contributed by atoms with Crippen LogP contribution in [0.3, 0.4) is 0 Å². The van der Waals surface area contributed by atoms with Crippen LogP contribution in [0.25, 0.3) is 0 Å². The quantitative estimate of drug-likeness (QED) is 0.495. The molecular formula is C8H13NO2. The van der Waals surface area contributed by atoms with Gasteiger partial charge in [0.05, 0.1) is 6.04 Å². The molecule has 0 aromatic rings. The molecule has 2 bridgehead atoms. The second-order valence-corrected chi connectivity index (χ2v) is 3.80. The van der Waals surface area contributed by atoms with Crippen LogP contribution in [0, 0.1) is 0 Å². The van der Waals surface area contributed by atoms with E-state index in [1.54, 1.807) is 0 Å². The highest BCUT2D eigenvalue weighted by molar-refractivity contribution is 5.75. The zero-order valence-corrected chi connectivity index (χ0v) is 6.51. The van der Waals surface area contributed by atoms with Gasteiger partial charge in [-0.2, -0.15) is 0 Å². The maximum atomic E-state index is 10.8. The summed E-state index contributed by atoms with van der Waals surface area (Å²) in [6, 6.07) is 0.571. The summed E-state index contributed by atoms with van der Waals surface area (Å²) >= 11 is 0. The van der Waals surface area contributed by atoms with Crippen LogP contribution in [0.1, 0.15) is 32.1 Å². The second-order valence-electron chi connectivity index (χ2n) is 3.80. The van der Waals surface area contributed by atoms with E-state index < -0.39 is 11.5 Å². The van der Waals surface area contributed by atoms with Crippen LogP contribution in [0.15, 0.2) is 0 Å². The van der Waals surface area contributed by atoms with Gasteiger partial charge in [-0.25, -0.2) is 0 Å². The number of aliphatic carboxylic acids is 1. The summed E-state index contributed by atoms with van der Waals surface area (Å²) in [6.07, 6.45) is 4.95. The molecule has 3 nitrogen and oxygen atoms in total. The molecule has 0 spiro atoms. The zero-order valence-electron chi connectivity index (χ0n) is 6.51. The minimum absolute atomic E-state index is 0.525. The van der Waals surface area contributed by atoms with E-state index in [1.165, 1.54) is 6.42 Å². The third kappa shape index (κ3) is 0.948. The second kappa shape index (κ2) is 2.21. The Balaban J connectivity index is 2.19. The Morgan fingerprint density at radius 1 is 1.45 bits per heavy atom. The van der Waals surface area contributed by atoms with Crippen LogP contribution >= 0.6 is 0 Å². The van der Waals surface area contributed by atoms with E-state index in [4.69, 9.17) is 0 Å². The fourth-order valence-corrected chi connectivity index (χ4v) is 2.45. The molecular weight excluding hydrogens is 142 g/mol. The van der Waals surface area contributed by atoms with Gasteiger partial charge in [0, 0.05) is 19.3 Å². The normalized spacial score (nSPS) is 42.4. The molecule has 2 aliphatic rings. The van der Waals surface area contributed by atoms with E-state index in [0.717, 1.165) is 25.7 Å². The molecule has 2 atom stereocenters. The van der Waals surface area contributed by atoms with Crippen molar-refractivity contribution >= 4 is 5.97 Å². The minimum Gasteiger partial charge on any atom is -0.544 e. The Bertz CT molecular complexity index is 189. The average Bonchev–Trinajstić information content (AvgIpc) is 2.29. The number of nitrogens with two attached hydrogens (primary N) is 1. The summed E-state index contributed by atoms with van der Waals surface area (Å²) in [5, 5.41) is 12.8. The minimum atomic E-state index is -0.847. The van der Waals surface area contributed by atoms with Gasteiger partial charge in [-0.15, -0.1) is 0 Å².